The number of anilines is 3. The summed E-state index contributed by atoms with van der Waals surface area (Å²) in [6.45, 7) is 5.78. The Morgan fingerprint density at radius 2 is 1.82 bits per heavy atom. The molecule has 0 radical (unpaired) electrons. The summed E-state index contributed by atoms with van der Waals surface area (Å²) in [7, 11) is 3.88. The largest absolute Gasteiger partial charge is 0.443 e. The lowest BCUT2D eigenvalue weighted by molar-refractivity contribution is 0.567. The predicted molar refractivity (Wildman–Crippen MR) is 85.7 cm³/mol. The zero-order valence-electron chi connectivity index (χ0n) is 13.3. The van der Waals surface area contributed by atoms with E-state index < -0.39 is 0 Å². The number of furan rings is 1. The van der Waals surface area contributed by atoms with Crippen LogP contribution in [0.3, 0.4) is 0 Å². The SMILES string of the molecule is Cc1cc2c(C)nc(Nc3ncc(C)c(N(C)C)n3)nc2o1. The first-order valence-electron chi connectivity index (χ1n) is 6.97. The molecule has 0 unspecified atom stereocenters. The molecule has 0 aliphatic rings. The molecule has 7 heteroatoms. The third-order valence-electron chi connectivity index (χ3n) is 3.30. The van der Waals surface area contributed by atoms with Gasteiger partial charge < -0.3 is 9.32 Å². The van der Waals surface area contributed by atoms with Crippen LogP contribution in [0.2, 0.25) is 0 Å². The van der Waals surface area contributed by atoms with Crippen LogP contribution in [0.15, 0.2) is 16.7 Å². The molecule has 3 aromatic heterocycles. The van der Waals surface area contributed by atoms with E-state index >= 15 is 0 Å². The molecule has 0 aliphatic heterocycles. The Morgan fingerprint density at radius 3 is 2.55 bits per heavy atom. The first-order chi connectivity index (χ1) is 10.4. The Morgan fingerprint density at radius 1 is 1.05 bits per heavy atom. The Bertz CT molecular complexity index is 839. The van der Waals surface area contributed by atoms with Crippen LogP contribution < -0.4 is 10.2 Å². The zero-order chi connectivity index (χ0) is 15.9. The molecule has 0 atom stereocenters. The van der Waals surface area contributed by atoms with Gasteiger partial charge in [-0.2, -0.15) is 9.97 Å². The van der Waals surface area contributed by atoms with E-state index in [1.54, 1.807) is 6.20 Å². The molecule has 0 fully saturated rings. The highest BCUT2D eigenvalue weighted by Crippen LogP contribution is 2.22. The van der Waals surface area contributed by atoms with Gasteiger partial charge in [-0.1, -0.05) is 0 Å². The third-order valence-corrected chi connectivity index (χ3v) is 3.30. The Kier molecular flexibility index (Phi) is 3.40. The second-order valence-electron chi connectivity index (χ2n) is 5.43. The summed E-state index contributed by atoms with van der Waals surface area (Å²) in [6, 6.07) is 1.93. The fourth-order valence-corrected chi connectivity index (χ4v) is 2.29. The fourth-order valence-electron chi connectivity index (χ4n) is 2.29. The summed E-state index contributed by atoms with van der Waals surface area (Å²) >= 11 is 0. The molecular formula is C15H18N6O. The molecule has 0 spiro atoms. The number of aromatic nitrogens is 4. The smallest absolute Gasteiger partial charge is 0.233 e. The third kappa shape index (κ3) is 2.57. The van der Waals surface area contributed by atoms with Gasteiger partial charge >= 0.3 is 0 Å². The van der Waals surface area contributed by atoms with Gasteiger partial charge in [0.25, 0.3) is 0 Å². The topological polar surface area (TPSA) is 80.0 Å². The maximum absolute atomic E-state index is 5.57. The predicted octanol–water partition coefficient (Wildman–Crippen LogP) is 2.75. The minimum atomic E-state index is 0.424. The molecule has 1 N–H and O–H groups in total. The first kappa shape index (κ1) is 14.2. The Hall–Kier alpha value is -2.70. The zero-order valence-corrected chi connectivity index (χ0v) is 13.3. The second kappa shape index (κ2) is 5.25. The quantitative estimate of drug-likeness (QED) is 0.796. The summed E-state index contributed by atoms with van der Waals surface area (Å²) in [5, 5.41) is 3.96. The van der Waals surface area contributed by atoms with Crippen molar-refractivity contribution in [1.29, 1.82) is 0 Å². The van der Waals surface area contributed by atoms with Gasteiger partial charge in [-0.25, -0.2) is 9.97 Å². The second-order valence-corrected chi connectivity index (χ2v) is 5.43. The molecule has 3 aromatic rings. The lowest BCUT2D eigenvalue weighted by Crippen LogP contribution is -2.14. The van der Waals surface area contributed by atoms with Crippen LogP contribution in [-0.4, -0.2) is 34.0 Å². The average molecular weight is 298 g/mol. The summed E-state index contributed by atoms with van der Waals surface area (Å²) < 4.78 is 5.57. The van der Waals surface area contributed by atoms with Gasteiger partial charge in [-0.15, -0.1) is 0 Å². The van der Waals surface area contributed by atoms with Crippen molar-refractivity contribution in [3.63, 3.8) is 0 Å². The van der Waals surface area contributed by atoms with Gasteiger partial charge in [0.2, 0.25) is 17.6 Å². The lowest BCUT2D eigenvalue weighted by atomic mass is 10.3. The normalized spacial score (nSPS) is 11.0. The molecule has 0 aliphatic carbocycles. The number of nitrogens with zero attached hydrogens (tertiary/aromatic N) is 5. The van der Waals surface area contributed by atoms with E-state index in [1.807, 2.05) is 45.8 Å². The van der Waals surface area contributed by atoms with Crippen LogP contribution in [0.25, 0.3) is 11.1 Å². The number of hydrogen-bond donors (Lipinski definition) is 1. The van der Waals surface area contributed by atoms with Crippen LogP contribution in [0.5, 0.6) is 0 Å². The first-order valence-corrected chi connectivity index (χ1v) is 6.97. The molecular weight excluding hydrogens is 280 g/mol. The van der Waals surface area contributed by atoms with Crippen molar-refractivity contribution in [3.05, 3.63) is 29.3 Å². The van der Waals surface area contributed by atoms with Crippen LogP contribution in [-0.2, 0) is 0 Å². The molecule has 3 rings (SSSR count). The van der Waals surface area contributed by atoms with E-state index in [9.17, 15) is 0 Å². The van der Waals surface area contributed by atoms with Crippen molar-refractivity contribution in [2.75, 3.05) is 24.3 Å². The average Bonchev–Trinajstić information content (AvgIpc) is 2.82. The van der Waals surface area contributed by atoms with E-state index in [1.165, 1.54) is 0 Å². The van der Waals surface area contributed by atoms with Crippen molar-refractivity contribution >= 4 is 28.8 Å². The van der Waals surface area contributed by atoms with E-state index in [0.717, 1.165) is 28.2 Å². The van der Waals surface area contributed by atoms with Crippen LogP contribution in [0, 0.1) is 20.8 Å². The number of aryl methyl sites for hydroxylation is 3. The van der Waals surface area contributed by atoms with Gasteiger partial charge in [0, 0.05) is 25.9 Å². The van der Waals surface area contributed by atoms with Crippen LogP contribution >= 0.6 is 0 Å². The molecule has 0 amide bonds. The molecule has 0 aromatic carbocycles. The molecule has 7 nitrogen and oxygen atoms in total. The van der Waals surface area contributed by atoms with Crippen molar-refractivity contribution < 1.29 is 4.42 Å². The van der Waals surface area contributed by atoms with Crippen molar-refractivity contribution in [1.82, 2.24) is 19.9 Å². The van der Waals surface area contributed by atoms with Crippen molar-refractivity contribution in [3.8, 4) is 0 Å². The van der Waals surface area contributed by atoms with Crippen LogP contribution in [0.4, 0.5) is 17.7 Å². The van der Waals surface area contributed by atoms with Gasteiger partial charge in [-0.05, 0) is 26.8 Å². The van der Waals surface area contributed by atoms with E-state index in [4.69, 9.17) is 4.42 Å². The minimum Gasteiger partial charge on any atom is -0.443 e. The van der Waals surface area contributed by atoms with E-state index in [0.29, 0.717) is 17.6 Å². The molecule has 0 bridgehead atoms. The highest BCUT2D eigenvalue weighted by atomic mass is 16.3. The highest BCUT2D eigenvalue weighted by Gasteiger charge is 2.11. The van der Waals surface area contributed by atoms with Crippen LogP contribution in [0.1, 0.15) is 17.0 Å². The number of fused-ring (bicyclic) bond motifs is 1. The molecule has 114 valence electrons. The lowest BCUT2D eigenvalue weighted by Gasteiger charge is -2.14. The summed E-state index contributed by atoms with van der Waals surface area (Å²) in [4.78, 5) is 19.5. The van der Waals surface area contributed by atoms with Crippen molar-refractivity contribution in [2.24, 2.45) is 0 Å². The number of hydrogen-bond acceptors (Lipinski definition) is 7. The fraction of sp³-hybridized carbons (Fsp3) is 0.333. The molecule has 3 heterocycles. The maximum atomic E-state index is 5.57. The minimum absolute atomic E-state index is 0.424. The molecule has 0 saturated carbocycles. The summed E-state index contributed by atoms with van der Waals surface area (Å²) in [5.74, 6) is 2.54. The van der Waals surface area contributed by atoms with Gasteiger partial charge in [0.1, 0.15) is 11.6 Å². The number of rotatable bonds is 3. The highest BCUT2D eigenvalue weighted by molar-refractivity contribution is 5.78. The van der Waals surface area contributed by atoms with Gasteiger partial charge in [-0.3, -0.25) is 5.32 Å². The van der Waals surface area contributed by atoms with Gasteiger partial charge in [0.15, 0.2) is 0 Å². The van der Waals surface area contributed by atoms with E-state index in [-0.39, 0.29) is 0 Å². The summed E-state index contributed by atoms with van der Waals surface area (Å²) in [5.41, 5.74) is 2.42. The molecule has 22 heavy (non-hydrogen) atoms. The van der Waals surface area contributed by atoms with Crippen molar-refractivity contribution in [2.45, 2.75) is 20.8 Å². The van der Waals surface area contributed by atoms with E-state index in [2.05, 4.69) is 25.3 Å². The standard InChI is InChI=1S/C15H18N6O/c1-8-7-16-14(18-12(8)21(4)5)20-15-17-10(3)11-6-9(2)22-13(11)19-15/h6-7H,1-5H3,(H,16,17,18,19,20). The molecule has 0 saturated heterocycles. The van der Waals surface area contributed by atoms with Gasteiger partial charge in [0.05, 0.1) is 11.1 Å². The monoisotopic (exact) mass is 298 g/mol. The Balaban J connectivity index is 1.97. The maximum Gasteiger partial charge on any atom is 0.233 e. The summed E-state index contributed by atoms with van der Waals surface area (Å²) in [6.07, 6.45) is 1.77. The number of nitrogens with one attached hydrogen (secondary N) is 1. The Labute approximate surface area is 128 Å².